The summed E-state index contributed by atoms with van der Waals surface area (Å²) in [6.07, 6.45) is 3.90. The molecule has 3 nitrogen and oxygen atoms in total. The molecule has 12 aromatic rings. The van der Waals surface area contributed by atoms with Crippen LogP contribution in [0, 0.1) is 0 Å². The number of fused-ring (bicyclic) bond motifs is 6. The molecule has 2 aliphatic rings. The molecule has 0 amide bonds. The van der Waals surface area contributed by atoms with Crippen molar-refractivity contribution in [2.24, 2.45) is 0 Å². The first-order valence-corrected chi connectivity index (χ1v) is 23.2. The molecular weight excluding hydrogens is 823 g/mol. The van der Waals surface area contributed by atoms with Crippen molar-refractivity contribution in [1.82, 2.24) is 15.0 Å². The Morgan fingerprint density at radius 3 is 1.00 bits per heavy atom. The maximum atomic E-state index is 5.31. The van der Waals surface area contributed by atoms with Crippen molar-refractivity contribution in [1.29, 1.82) is 0 Å². The smallest absolute Gasteiger partial charge is 0.0900 e. The van der Waals surface area contributed by atoms with Gasteiger partial charge >= 0.3 is 0 Å². The van der Waals surface area contributed by atoms with Crippen molar-refractivity contribution in [3.05, 3.63) is 237 Å². The number of rotatable bonds is 7. The van der Waals surface area contributed by atoms with Crippen molar-refractivity contribution in [2.75, 3.05) is 0 Å². The van der Waals surface area contributed by atoms with E-state index < -0.39 is 0 Å². The number of aromatic nitrogens is 3. The third kappa shape index (κ3) is 6.10. The Balaban J connectivity index is 0.993. The molecule has 0 saturated carbocycles. The zero-order valence-electron chi connectivity index (χ0n) is 36.9. The van der Waals surface area contributed by atoms with E-state index in [1.807, 2.05) is 24.5 Å². The van der Waals surface area contributed by atoms with E-state index in [1.165, 1.54) is 77.2 Å². The van der Waals surface area contributed by atoms with E-state index >= 15 is 0 Å². The van der Waals surface area contributed by atoms with Crippen LogP contribution in [0.2, 0.25) is 0 Å². The summed E-state index contributed by atoms with van der Waals surface area (Å²) in [5.74, 6) is 0. The van der Waals surface area contributed by atoms with E-state index in [0.717, 1.165) is 67.3 Å². The molecule has 0 aliphatic heterocycles. The fraction of sp³-hybridized carbons (Fsp3) is 0. The van der Waals surface area contributed by atoms with Crippen LogP contribution in [0.5, 0.6) is 0 Å². The number of benzene rings is 9. The van der Waals surface area contributed by atoms with Gasteiger partial charge < -0.3 is 0 Å². The Bertz CT molecular complexity index is 3670. The molecule has 0 spiro atoms. The van der Waals surface area contributed by atoms with Crippen molar-refractivity contribution in [2.45, 2.75) is 0 Å². The van der Waals surface area contributed by atoms with E-state index in [1.54, 1.807) is 0 Å². The molecule has 0 N–H and O–H groups in total. The monoisotopic (exact) mass is 861 g/mol. The topological polar surface area (TPSA) is 38.7 Å². The lowest BCUT2D eigenvalue weighted by Crippen LogP contribution is -1.95. The highest BCUT2D eigenvalue weighted by atomic mass is 14.8. The van der Waals surface area contributed by atoms with Gasteiger partial charge in [-0.2, -0.15) is 0 Å². The van der Waals surface area contributed by atoms with Gasteiger partial charge in [0, 0.05) is 23.5 Å². The van der Waals surface area contributed by atoms with Crippen LogP contribution in [0.1, 0.15) is 0 Å². The second-order valence-electron chi connectivity index (χ2n) is 17.9. The largest absolute Gasteiger partial charge is 0.254 e. The second kappa shape index (κ2) is 15.3. The third-order valence-electron chi connectivity index (χ3n) is 14.1. The fourth-order valence-corrected chi connectivity index (χ4v) is 10.9. The summed E-state index contributed by atoms with van der Waals surface area (Å²) in [5, 5.41) is 5.11. The Labute approximate surface area is 394 Å². The predicted octanol–water partition coefficient (Wildman–Crippen LogP) is 17.1. The maximum Gasteiger partial charge on any atom is 0.0900 e. The Morgan fingerprint density at radius 1 is 0.206 bits per heavy atom. The number of hydrogen-bond donors (Lipinski definition) is 0. The first-order valence-electron chi connectivity index (χ1n) is 23.2. The van der Waals surface area contributed by atoms with Crippen LogP contribution in [-0.4, -0.2) is 15.0 Å². The summed E-state index contributed by atoms with van der Waals surface area (Å²) in [5.41, 5.74) is 24.7. The van der Waals surface area contributed by atoms with Crippen LogP contribution >= 0.6 is 0 Å². The van der Waals surface area contributed by atoms with Gasteiger partial charge in [-0.05, 0) is 153 Å². The summed E-state index contributed by atoms with van der Waals surface area (Å²) < 4.78 is 0. The van der Waals surface area contributed by atoms with E-state index in [-0.39, 0.29) is 0 Å². The molecule has 68 heavy (non-hydrogen) atoms. The molecule has 0 radical (unpaired) electrons. The van der Waals surface area contributed by atoms with Gasteiger partial charge in [0.05, 0.1) is 22.8 Å². The van der Waals surface area contributed by atoms with Crippen molar-refractivity contribution < 1.29 is 0 Å². The highest BCUT2D eigenvalue weighted by Gasteiger charge is 2.25. The highest BCUT2D eigenvalue weighted by Crippen LogP contribution is 2.52. The molecule has 3 heterocycles. The van der Waals surface area contributed by atoms with Crippen LogP contribution in [0.15, 0.2) is 237 Å². The van der Waals surface area contributed by atoms with Gasteiger partial charge in [-0.1, -0.05) is 182 Å². The molecule has 0 atom stereocenters. The predicted molar refractivity (Wildman–Crippen MR) is 282 cm³/mol. The van der Waals surface area contributed by atoms with Crippen LogP contribution in [0.4, 0.5) is 0 Å². The highest BCUT2D eigenvalue weighted by molar-refractivity contribution is 6.20. The molecular formula is C65H39N3. The van der Waals surface area contributed by atoms with E-state index in [9.17, 15) is 0 Å². The van der Waals surface area contributed by atoms with E-state index in [2.05, 4.69) is 212 Å². The lowest BCUT2D eigenvalue weighted by atomic mass is 9.88. The van der Waals surface area contributed by atoms with Gasteiger partial charge in [-0.25, -0.2) is 4.98 Å². The Kier molecular flexibility index (Phi) is 8.59. The van der Waals surface area contributed by atoms with Crippen LogP contribution < -0.4 is 0 Å². The van der Waals surface area contributed by atoms with Crippen LogP contribution in [-0.2, 0) is 0 Å². The molecule has 0 unspecified atom stereocenters. The first-order chi connectivity index (χ1) is 33.7. The minimum absolute atomic E-state index is 0.782. The Morgan fingerprint density at radius 2 is 0.574 bits per heavy atom. The molecule has 3 aromatic heterocycles. The van der Waals surface area contributed by atoms with E-state index in [4.69, 9.17) is 15.0 Å². The SMILES string of the molecule is c1ccc(-c2ccc(-c3cc(-c4cc(-c5ccc6c7c(cccc57)-c5ccccc5-6)cc(-c5ccc6c7c(cccc57)-c5ccccc5-6)c4)cc(-c4ccc(-c5ccccc5)cn4)n3)nc2)cc1. The zero-order valence-corrected chi connectivity index (χ0v) is 36.9. The molecule has 3 heteroatoms. The summed E-state index contributed by atoms with van der Waals surface area (Å²) in [6.45, 7) is 0. The minimum atomic E-state index is 0.782. The van der Waals surface area contributed by atoms with Gasteiger partial charge in [0.15, 0.2) is 0 Å². The molecule has 2 aliphatic carbocycles. The fourth-order valence-electron chi connectivity index (χ4n) is 10.9. The van der Waals surface area contributed by atoms with Gasteiger partial charge in [0.25, 0.3) is 0 Å². The summed E-state index contributed by atoms with van der Waals surface area (Å²) >= 11 is 0. The molecule has 0 bridgehead atoms. The average Bonchev–Trinajstić information content (AvgIpc) is 3.93. The quantitative estimate of drug-likeness (QED) is 0.160. The number of nitrogens with zero attached hydrogens (tertiary/aromatic N) is 3. The minimum Gasteiger partial charge on any atom is -0.254 e. The molecule has 0 saturated heterocycles. The summed E-state index contributed by atoms with van der Waals surface area (Å²) in [6, 6.07) is 81.2. The molecule has 314 valence electrons. The standard InChI is InChI=1S/C65H39N3/c1-3-13-40(14-4-1)42-25-31-60(66-38-42)62-36-45(37-63(68-62)61-32-26-43(39-67-61)41-15-5-2-6-16-41)44-33-46(48-27-29-58-52-19-9-7-17-50(52)56-23-11-21-54(48)64(56)58)35-47(34-44)49-28-30-59-53-20-10-8-18-51(53)57-24-12-22-55(49)65(57)59/h1-39H. The van der Waals surface area contributed by atoms with Gasteiger partial charge in [0.1, 0.15) is 0 Å². The second-order valence-corrected chi connectivity index (χ2v) is 17.9. The lowest BCUT2D eigenvalue weighted by Gasteiger charge is -2.17. The average molecular weight is 862 g/mol. The van der Waals surface area contributed by atoms with Crippen LogP contribution in [0.3, 0.4) is 0 Å². The lowest BCUT2D eigenvalue weighted by molar-refractivity contribution is 1.22. The summed E-state index contributed by atoms with van der Waals surface area (Å²) in [7, 11) is 0. The Hall–Kier alpha value is -9.05. The zero-order chi connectivity index (χ0) is 44.7. The van der Waals surface area contributed by atoms with Crippen molar-refractivity contribution in [3.63, 3.8) is 0 Å². The van der Waals surface area contributed by atoms with Gasteiger partial charge in [-0.15, -0.1) is 0 Å². The van der Waals surface area contributed by atoms with Crippen molar-refractivity contribution >= 4 is 21.5 Å². The third-order valence-corrected chi connectivity index (χ3v) is 14.1. The molecule has 9 aromatic carbocycles. The van der Waals surface area contributed by atoms with Crippen LogP contribution in [0.25, 0.3) is 144 Å². The summed E-state index contributed by atoms with van der Waals surface area (Å²) in [4.78, 5) is 15.4. The molecule has 0 fully saturated rings. The number of pyridine rings is 3. The first kappa shape index (κ1) is 38.2. The maximum absolute atomic E-state index is 5.31. The van der Waals surface area contributed by atoms with Gasteiger partial charge in [0.2, 0.25) is 0 Å². The van der Waals surface area contributed by atoms with E-state index in [0.29, 0.717) is 0 Å². The molecule has 14 rings (SSSR count). The van der Waals surface area contributed by atoms with Crippen molar-refractivity contribution in [3.8, 4) is 123 Å². The normalized spacial score (nSPS) is 11.8. The van der Waals surface area contributed by atoms with Gasteiger partial charge in [-0.3, -0.25) is 9.97 Å². The number of hydrogen-bond acceptors (Lipinski definition) is 3.